The van der Waals surface area contributed by atoms with Gasteiger partial charge in [0.05, 0.1) is 19.3 Å². The molecule has 0 radical (unpaired) electrons. The van der Waals surface area contributed by atoms with Crippen LogP contribution in [-0.4, -0.2) is 25.4 Å². The number of ether oxygens (including phenoxy) is 2. The first-order valence-electron chi connectivity index (χ1n) is 6.56. The van der Waals surface area contributed by atoms with E-state index in [4.69, 9.17) is 9.47 Å². The third-order valence-corrected chi connectivity index (χ3v) is 2.93. The molecule has 1 rings (SSSR count). The van der Waals surface area contributed by atoms with E-state index in [-0.39, 0.29) is 0 Å². The Morgan fingerprint density at radius 2 is 1.87 bits per heavy atom. The van der Waals surface area contributed by atoms with Crippen molar-refractivity contribution in [2.45, 2.75) is 71.0 Å². The Hall–Kier alpha value is -0.0800. The normalized spacial score (nSPS) is 21.6. The molecule has 90 valence electrons. The lowest BCUT2D eigenvalue weighted by molar-refractivity contribution is 0.0476. The standard InChI is InChI=1S/C13H26O2/c1-3-4-5-6-7-8-9-12(2)14-10-13-11-15-13/h12-13H,3-11H2,1-2H3. The summed E-state index contributed by atoms with van der Waals surface area (Å²) >= 11 is 0. The van der Waals surface area contributed by atoms with E-state index in [1.54, 1.807) is 0 Å². The van der Waals surface area contributed by atoms with E-state index in [2.05, 4.69) is 13.8 Å². The molecule has 2 heteroatoms. The molecule has 0 aromatic carbocycles. The van der Waals surface area contributed by atoms with Crippen molar-refractivity contribution < 1.29 is 9.47 Å². The molecule has 0 aliphatic carbocycles. The van der Waals surface area contributed by atoms with Gasteiger partial charge in [-0.1, -0.05) is 45.4 Å². The van der Waals surface area contributed by atoms with Crippen LogP contribution in [0.3, 0.4) is 0 Å². The van der Waals surface area contributed by atoms with Crippen LogP contribution in [0.15, 0.2) is 0 Å². The smallest absolute Gasteiger partial charge is 0.104 e. The summed E-state index contributed by atoms with van der Waals surface area (Å²) in [5.41, 5.74) is 0. The first-order chi connectivity index (χ1) is 7.33. The van der Waals surface area contributed by atoms with Crippen LogP contribution >= 0.6 is 0 Å². The topological polar surface area (TPSA) is 21.8 Å². The Kier molecular flexibility index (Phi) is 7.03. The molecular weight excluding hydrogens is 188 g/mol. The van der Waals surface area contributed by atoms with E-state index < -0.39 is 0 Å². The molecule has 2 nitrogen and oxygen atoms in total. The molecule has 1 heterocycles. The van der Waals surface area contributed by atoms with Crippen LogP contribution in [0.4, 0.5) is 0 Å². The molecule has 1 aliphatic heterocycles. The van der Waals surface area contributed by atoms with Gasteiger partial charge in [-0.05, 0) is 13.3 Å². The largest absolute Gasteiger partial charge is 0.376 e. The van der Waals surface area contributed by atoms with Crippen LogP contribution in [0.5, 0.6) is 0 Å². The lowest BCUT2D eigenvalue weighted by atomic mass is 10.1. The van der Waals surface area contributed by atoms with Gasteiger partial charge in [0.15, 0.2) is 0 Å². The quantitative estimate of drug-likeness (QED) is 0.410. The minimum atomic E-state index is 0.414. The second kappa shape index (κ2) is 8.12. The Labute approximate surface area is 94.3 Å². The summed E-state index contributed by atoms with van der Waals surface area (Å²) in [6.45, 7) is 6.14. The van der Waals surface area contributed by atoms with Gasteiger partial charge >= 0.3 is 0 Å². The number of hydrogen-bond acceptors (Lipinski definition) is 2. The predicted molar refractivity (Wildman–Crippen MR) is 63.1 cm³/mol. The Bertz CT molecular complexity index is 143. The van der Waals surface area contributed by atoms with Gasteiger partial charge in [-0.25, -0.2) is 0 Å². The van der Waals surface area contributed by atoms with Crippen molar-refractivity contribution >= 4 is 0 Å². The van der Waals surface area contributed by atoms with Crippen molar-refractivity contribution in [1.29, 1.82) is 0 Å². The molecule has 1 aliphatic rings. The zero-order valence-corrected chi connectivity index (χ0v) is 10.3. The van der Waals surface area contributed by atoms with E-state index in [0.29, 0.717) is 12.2 Å². The molecule has 0 aromatic rings. The van der Waals surface area contributed by atoms with Gasteiger partial charge in [0, 0.05) is 0 Å². The maximum absolute atomic E-state index is 5.67. The Morgan fingerprint density at radius 3 is 2.53 bits per heavy atom. The second-order valence-corrected chi connectivity index (χ2v) is 4.66. The highest BCUT2D eigenvalue weighted by Gasteiger charge is 2.23. The summed E-state index contributed by atoms with van der Waals surface area (Å²) < 4.78 is 10.8. The predicted octanol–water partition coefficient (Wildman–Crippen LogP) is 3.54. The van der Waals surface area contributed by atoms with Gasteiger partial charge < -0.3 is 9.47 Å². The van der Waals surface area contributed by atoms with Crippen molar-refractivity contribution in [3.63, 3.8) is 0 Å². The monoisotopic (exact) mass is 214 g/mol. The minimum Gasteiger partial charge on any atom is -0.376 e. The van der Waals surface area contributed by atoms with Crippen LogP contribution in [0.1, 0.15) is 58.8 Å². The number of rotatable bonds is 10. The number of epoxide rings is 1. The average Bonchev–Trinajstić information content (AvgIpc) is 3.04. The molecule has 0 bridgehead atoms. The molecule has 0 aromatic heterocycles. The fourth-order valence-corrected chi connectivity index (χ4v) is 1.73. The van der Waals surface area contributed by atoms with Gasteiger partial charge in [-0.3, -0.25) is 0 Å². The fraction of sp³-hybridized carbons (Fsp3) is 1.00. The van der Waals surface area contributed by atoms with Gasteiger partial charge in [0.1, 0.15) is 6.10 Å². The Morgan fingerprint density at radius 1 is 1.20 bits per heavy atom. The summed E-state index contributed by atoms with van der Waals surface area (Å²) in [6, 6.07) is 0. The van der Waals surface area contributed by atoms with Crippen molar-refractivity contribution in [2.24, 2.45) is 0 Å². The van der Waals surface area contributed by atoms with Crippen LogP contribution in [0.25, 0.3) is 0 Å². The number of unbranched alkanes of at least 4 members (excludes halogenated alkanes) is 5. The van der Waals surface area contributed by atoms with E-state index >= 15 is 0 Å². The maximum atomic E-state index is 5.67. The molecule has 0 N–H and O–H groups in total. The summed E-state index contributed by atoms with van der Waals surface area (Å²) in [6.07, 6.45) is 10.3. The third kappa shape index (κ3) is 7.80. The lowest BCUT2D eigenvalue weighted by Crippen LogP contribution is -2.12. The van der Waals surface area contributed by atoms with Crippen molar-refractivity contribution in [2.75, 3.05) is 13.2 Å². The molecule has 0 spiro atoms. The van der Waals surface area contributed by atoms with E-state index in [9.17, 15) is 0 Å². The zero-order valence-electron chi connectivity index (χ0n) is 10.3. The highest BCUT2D eigenvalue weighted by molar-refractivity contribution is 4.68. The molecule has 2 atom stereocenters. The molecule has 1 fully saturated rings. The fourth-order valence-electron chi connectivity index (χ4n) is 1.73. The molecule has 0 saturated carbocycles. The first-order valence-corrected chi connectivity index (χ1v) is 6.56. The first kappa shape index (κ1) is 13.0. The van der Waals surface area contributed by atoms with Crippen LogP contribution in [0.2, 0.25) is 0 Å². The van der Waals surface area contributed by atoms with Gasteiger partial charge in [-0.15, -0.1) is 0 Å². The molecule has 0 amide bonds. The Balaban J connectivity index is 1.77. The lowest BCUT2D eigenvalue weighted by Gasteiger charge is -2.11. The van der Waals surface area contributed by atoms with Crippen LogP contribution < -0.4 is 0 Å². The van der Waals surface area contributed by atoms with E-state index in [1.165, 1.54) is 44.9 Å². The molecule has 15 heavy (non-hydrogen) atoms. The van der Waals surface area contributed by atoms with Crippen molar-refractivity contribution in [3.05, 3.63) is 0 Å². The van der Waals surface area contributed by atoms with E-state index in [0.717, 1.165) is 13.2 Å². The van der Waals surface area contributed by atoms with Crippen molar-refractivity contribution in [1.82, 2.24) is 0 Å². The minimum absolute atomic E-state index is 0.414. The maximum Gasteiger partial charge on any atom is 0.104 e. The third-order valence-electron chi connectivity index (χ3n) is 2.93. The van der Waals surface area contributed by atoms with E-state index in [1.807, 2.05) is 0 Å². The van der Waals surface area contributed by atoms with Crippen molar-refractivity contribution in [3.8, 4) is 0 Å². The SMILES string of the molecule is CCCCCCCCC(C)OCC1CO1. The summed E-state index contributed by atoms with van der Waals surface area (Å²) in [5, 5.41) is 0. The van der Waals surface area contributed by atoms with Gasteiger partial charge in [-0.2, -0.15) is 0 Å². The zero-order chi connectivity index (χ0) is 10.9. The molecule has 1 saturated heterocycles. The summed E-state index contributed by atoms with van der Waals surface area (Å²) in [7, 11) is 0. The molecular formula is C13H26O2. The number of hydrogen-bond donors (Lipinski definition) is 0. The average molecular weight is 214 g/mol. The van der Waals surface area contributed by atoms with Crippen LogP contribution in [0, 0.1) is 0 Å². The van der Waals surface area contributed by atoms with Gasteiger partial charge in [0.2, 0.25) is 0 Å². The summed E-state index contributed by atoms with van der Waals surface area (Å²) in [5.74, 6) is 0. The van der Waals surface area contributed by atoms with Crippen LogP contribution in [-0.2, 0) is 9.47 Å². The second-order valence-electron chi connectivity index (χ2n) is 4.66. The highest BCUT2D eigenvalue weighted by Crippen LogP contribution is 2.13. The van der Waals surface area contributed by atoms with Gasteiger partial charge in [0.25, 0.3) is 0 Å². The highest BCUT2D eigenvalue weighted by atomic mass is 16.6. The summed E-state index contributed by atoms with van der Waals surface area (Å²) in [4.78, 5) is 0. The molecule has 2 unspecified atom stereocenters.